The van der Waals surface area contributed by atoms with E-state index < -0.39 is 0 Å². The van der Waals surface area contributed by atoms with Crippen LogP contribution >= 0.6 is 0 Å². The second-order valence-electron chi connectivity index (χ2n) is 7.93. The first-order chi connectivity index (χ1) is 13.7. The minimum absolute atomic E-state index is 0.256. The van der Waals surface area contributed by atoms with Gasteiger partial charge in [0, 0.05) is 19.8 Å². The van der Waals surface area contributed by atoms with Gasteiger partial charge in [0.05, 0.1) is 5.54 Å². The number of hydrogen-bond donors (Lipinski definition) is 0. The molecular weight excluding hydrogens is 340 g/mol. The third-order valence-corrected chi connectivity index (χ3v) is 6.02. The van der Waals surface area contributed by atoms with Crippen molar-refractivity contribution in [2.45, 2.75) is 24.8 Å². The number of likely N-dealkylation sites (tertiary alicyclic amines) is 1. The van der Waals surface area contributed by atoms with E-state index in [1.807, 2.05) is 0 Å². The Bertz CT molecular complexity index is 824. The van der Waals surface area contributed by atoms with Gasteiger partial charge in [0.2, 0.25) is 0 Å². The van der Waals surface area contributed by atoms with E-state index >= 15 is 0 Å². The van der Waals surface area contributed by atoms with Gasteiger partial charge < -0.3 is 4.90 Å². The molecule has 0 unspecified atom stereocenters. The lowest BCUT2D eigenvalue weighted by Crippen LogP contribution is -2.50. The monoisotopic (exact) mass is 370 g/mol. The van der Waals surface area contributed by atoms with Crippen molar-refractivity contribution < 1.29 is 0 Å². The molecule has 1 saturated heterocycles. The molecule has 0 N–H and O–H groups in total. The molecule has 0 radical (unpaired) electrons. The van der Waals surface area contributed by atoms with E-state index in [9.17, 15) is 0 Å². The summed E-state index contributed by atoms with van der Waals surface area (Å²) >= 11 is 0. The summed E-state index contributed by atoms with van der Waals surface area (Å²) in [6.07, 6.45) is 3.85. The highest BCUT2D eigenvalue weighted by molar-refractivity contribution is 5.54. The van der Waals surface area contributed by atoms with Gasteiger partial charge in [-0.25, -0.2) is 0 Å². The minimum Gasteiger partial charge on any atom is -0.378 e. The van der Waals surface area contributed by atoms with Gasteiger partial charge >= 0.3 is 0 Å². The average Bonchev–Trinajstić information content (AvgIpc) is 2.77. The molecule has 0 spiro atoms. The fourth-order valence-electron chi connectivity index (χ4n) is 4.64. The van der Waals surface area contributed by atoms with Crippen molar-refractivity contribution in [2.75, 3.05) is 32.1 Å². The van der Waals surface area contributed by atoms with Gasteiger partial charge in [-0.05, 0) is 54.8 Å². The van der Waals surface area contributed by atoms with Crippen molar-refractivity contribution in [1.29, 1.82) is 0 Å². The van der Waals surface area contributed by atoms with Gasteiger partial charge in [-0.3, -0.25) is 4.90 Å². The Kier molecular flexibility index (Phi) is 5.50. The smallest absolute Gasteiger partial charge is 0.0972 e. The molecule has 0 atom stereocenters. The predicted molar refractivity (Wildman–Crippen MR) is 119 cm³/mol. The van der Waals surface area contributed by atoms with Crippen molar-refractivity contribution in [2.24, 2.45) is 0 Å². The molecule has 28 heavy (non-hydrogen) atoms. The molecule has 144 valence electrons. The van der Waals surface area contributed by atoms with Crippen LogP contribution in [0.4, 0.5) is 5.69 Å². The van der Waals surface area contributed by atoms with E-state index in [1.54, 1.807) is 0 Å². The van der Waals surface area contributed by atoms with E-state index in [2.05, 4.69) is 109 Å². The second-order valence-corrected chi connectivity index (χ2v) is 7.93. The minimum atomic E-state index is -0.256. The highest BCUT2D eigenvalue weighted by Crippen LogP contribution is 2.43. The Morgan fingerprint density at radius 3 is 1.54 bits per heavy atom. The van der Waals surface area contributed by atoms with E-state index in [1.165, 1.54) is 41.6 Å². The van der Waals surface area contributed by atoms with E-state index in [0.717, 1.165) is 13.1 Å². The fraction of sp³-hybridized carbons (Fsp3) is 0.308. The Morgan fingerprint density at radius 2 is 1.07 bits per heavy atom. The lowest BCUT2D eigenvalue weighted by Gasteiger charge is -2.47. The second kappa shape index (κ2) is 8.20. The molecule has 3 aromatic rings. The van der Waals surface area contributed by atoms with Gasteiger partial charge in [0.1, 0.15) is 0 Å². The third-order valence-electron chi connectivity index (χ3n) is 6.02. The average molecular weight is 371 g/mol. The lowest BCUT2D eigenvalue weighted by molar-refractivity contribution is 0.128. The van der Waals surface area contributed by atoms with Crippen molar-refractivity contribution in [3.63, 3.8) is 0 Å². The summed E-state index contributed by atoms with van der Waals surface area (Å²) in [5, 5.41) is 0. The molecule has 0 aromatic heterocycles. The van der Waals surface area contributed by atoms with Crippen LogP contribution in [0.5, 0.6) is 0 Å². The Morgan fingerprint density at radius 1 is 0.607 bits per heavy atom. The van der Waals surface area contributed by atoms with Crippen LogP contribution < -0.4 is 4.90 Å². The molecule has 3 aromatic carbocycles. The first kappa shape index (κ1) is 18.8. The third kappa shape index (κ3) is 3.33. The van der Waals surface area contributed by atoms with Crippen LogP contribution in [0.3, 0.4) is 0 Å². The standard InChI is InChI=1S/C26H30N2/c1-27(2)25-18-16-24(17-19-25)26(22-12-6-3-7-13-22,23-14-8-4-9-15-23)28-20-10-5-11-21-28/h3-4,6-9,12-19H,5,10-11,20-21H2,1-2H3. The summed E-state index contributed by atoms with van der Waals surface area (Å²) in [4.78, 5) is 4.86. The summed E-state index contributed by atoms with van der Waals surface area (Å²) < 4.78 is 0. The number of nitrogens with zero attached hydrogens (tertiary/aromatic N) is 2. The van der Waals surface area contributed by atoms with Crippen LogP contribution in [0.15, 0.2) is 84.9 Å². The predicted octanol–water partition coefficient (Wildman–Crippen LogP) is 5.53. The maximum absolute atomic E-state index is 2.70. The highest BCUT2D eigenvalue weighted by Gasteiger charge is 2.42. The largest absolute Gasteiger partial charge is 0.378 e. The van der Waals surface area contributed by atoms with Crippen molar-refractivity contribution in [3.8, 4) is 0 Å². The van der Waals surface area contributed by atoms with Crippen LogP contribution in [0.2, 0.25) is 0 Å². The maximum atomic E-state index is 2.70. The zero-order valence-corrected chi connectivity index (χ0v) is 17.0. The van der Waals surface area contributed by atoms with Gasteiger partial charge in [-0.1, -0.05) is 79.2 Å². The van der Waals surface area contributed by atoms with E-state index in [4.69, 9.17) is 0 Å². The van der Waals surface area contributed by atoms with E-state index in [0.29, 0.717) is 0 Å². The molecular formula is C26H30N2. The fourth-order valence-corrected chi connectivity index (χ4v) is 4.64. The van der Waals surface area contributed by atoms with Crippen molar-refractivity contribution >= 4 is 5.69 Å². The number of piperidine rings is 1. The number of hydrogen-bond acceptors (Lipinski definition) is 2. The molecule has 2 nitrogen and oxygen atoms in total. The van der Waals surface area contributed by atoms with Gasteiger partial charge in [-0.2, -0.15) is 0 Å². The van der Waals surface area contributed by atoms with Crippen molar-refractivity contribution in [3.05, 3.63) is 102 Å². The molecule has 2 heteroatoms. The lowest BCUT2D eigenvalue weighted by atomic mass is 9.74. The topological polar surface area (TPSA) is 6.48 Å². The van der Waals surface area contributed by atoms with Crippen molar-refractivity contribution in [1.82, 2.24) is 4.90 Å². The first-order valence-electron chi connectivity index (χ1n) is 10.4. The number of rotatable bonds is 5. The van der Waals surface area contributed by atoms with Crippen LogP contribution in [-0.4, -0.2) is 32.1 Å². The van der Waals surface area contributed by atoms with Crippen LogP contribution in [0, 0.1) is 0 Å². The zero-order chi connectivity index (χ0) is 19.4. The molecule has 0 aliphatic carbocycles. The Balaban J connectivity index is 1.97. The highest BCUT2D eigenvalue weighted by atomic mass is 15.2. The summed E-state index contributed by atoms with van der Waals surface area (Å²) in [6.45, 7) is 2.25. The quantitative estimate of drug-likeness (QED) is 0.545. The first-order valence-corrected chi connectivity index (χ1v) is 10.4. The summed E-state index contributed by atoms with van der Waals surface area (Å²) in [6, 6.07) is 31.2. The molecule has 0 bridgehead atoms. The molecule has 0 saturated carbocycles. The van der Waals surface area contributed by atoms with E-state index in [-0.39, 0.29) is 5.54 Å². The normalized spacial score (nSPS) is 15.4. The summed E-state index contributed by atoms with van der Waals surface area (Å²) in [5.74, 6) is 0. The Hall–Kier alpha value is -2.58. The van der Waals surface area contributed by atoms with Crippen LogP contribution in [-0.2, 0) is 5.54 Å². The maximum Gasteiger partial charge on any atom is 0.0972 e. The molecule has 1 aliphatic rings. The van der Waals surface area contributed by atoms with Gasteiger partial charge in [0.15, 0.2) is 0 Å². The zero-order valence-electron chi connectivity index (χ0n) is 17.0. The molecule has 1 fully saturated rings. The van der Waals surface area contributed by atoms with Crippen LogP contribution in [0.25, 0.3) is 0 Å². The summed E-state index contributed by atoms with van der Waals surface area (Å²) in [5.41, 5.74) is 5.02. The molecule has 1 aliphatic heterocycles. The summed E-state index contributed by atoms with van der Waals surface area (Å²) in [7, 11) is 4.20. The van der Waals surface area contributed by atoms with Gasteiger partial charge in [-0.15, -0.1) is 0 Å². The molecule has 4 rings (SSSR count). The molecule has 0 amide bonds. The Labute approximate surface area is 169 Å². The SMILES string of the molecule is CN(C)c1ccc(C(c2ccccc2)(c2ccccc2)N2CCCCC2)cc1. The number of benzene rings is 3. The van der Waals surface area contributed by atoms with Gasteiger partial charge in [0.25, 0.3) is 0 Å². The molecule has 1 heterocycles. The number of anilines is 1. The van der Waals surface area contributed by atoms with Crippen LogP contribution in [0.1, 0.15) is 36.0 Å².